The van der Waals surface area contributed by atoms with Crippen LogP contribution in [0.3, 0.4) is 0 Å². The highest BCUT2D eigenvalue weighted by molar-refractivity contribution is 8.00. The van der Waals surface area contributed by atoms with Gasteiger partial charge < -0.3 is 15.7 Å². The van der Waals surface area contributed by atoms with E-state index in [1.807, 2.05) is 0 Å². The van der Waals surface area contributed by atoms with Gasteiger partial charge in [-0.15, -0.1) is 11.8 Å². The van der Waals surface area contributed by atoms with E-state index in [-0.39, 0.29) is 11.3 Å². The van der Waals surface area contributed by atoms with Gasteiger partial charge in [-0.2, -0.15) is 0 Å². The van der Waals surface area contributed by atoms with Crippen molar-refractivity contribution >= 4 is 23.6 Å². The molecule has 0 aliphatic carbocycles. The summed E-state index contributed by atoms with van der Waals surface area (Å²) in [5.74, 6) is -0.394. The van der Waals surface area contributed by atoms with Crippen LogP contribution in [0.25, 0.3) is 0 Å². The van der Waals surface area contributed by atoms with Crippen LogP contribution < -0.4 is 5.73 Å². The van der Waals surface area contributed by atoms with E-state index < -0.39 is 18.1 Å². The molecular weight excluding hydrogens is 192 g/mol. The third kappa shape index (κ3) is 1.13. The SMILES string of the molecule is N[C@@H]1C(=O)N2[C@H](C(=O)O)CCS[C@@H]12. The Bertz CT molecular complexity index is 270. The number of fused-ring (bicyclic) bond motifs is 1. The Morgan fingerprint density at radius 3 is 3.00 bits per heavy atom. The molecule has 1 amide bonds. The van der Waals surface area contributed by atoms with Crippen LogP contribution in [0, 0.1) is 0 Å². The number of β-lactam (4-membered cyclic amide) rings is 1. The normalized spacial score (nSPS) is 38.1. The van der Waals surface area contributed by atoms with Gasteiger partial charge in [0.25, 0.3) is 0 Å². The minimum atomic E-state index is -0.925. The van der Waals surface area contributed by atoms with Gasteiger partial charge in [0.1, 0.15) is 17.5 Å². The van der Waals surface area contributed by atoms with Gasteiger partial charge in [-0.1, -0.05) is 0 Å². The zero-order chi connectivity index (χ0) is 9.59. The highest BCUT2D eigenvalue weighted by atomic mass is 32.2. The maximum absolute atomic E-state index is 11.2. The maximum Gasteiger partial charge on any atom is 0.326 e. The molecule has 0 aromatic rings. The van der Waals surface area contributed by atoms with E-state index in [2.05, 4.69) is 0 Å². The van der Waals surface area contributed by atoms with E-state index in [4.69, 9.17) is 10.8 Å². The summed E-state index contributed by atoms with van der Waals surface area (Å²) in [4.78, 5) is 23.4. The number of carboxylic acid groups (broad SMARTS) is 1. The molecule has 0 radical (unpaired) electrons. The largest absolute Gasteiger partial charge is 0.480 e. The molecule has 3 atom stereocenters. The summed E-state index contributed by atoms with van der Waals surface area (Å²) >= 11 is 1.56. The lowest BCUT2D eigenvalue weighted by molar-refractivity contribution is -0.160. The van der Waals surface area contributed by atoms with E-state index in [0.717, 1.165) is 5.75 Å². The molecule has 72 valence electrons. The lowest BCUT2D eigenvalue weighted by Crippen LogP contribution is -2.72. The van der Waals surface area contributed by atoms with Gasteiger partial charge in [0.2, 0.25) is 5.91 Å². The van der Waals surface area contributed by atoms with Crippen LogP contribution in [0.4, 0.5) is 0 Å². The second-order valence-electron chi connectivity index (χ2n) is 3.18. The third-order valence-electron chi connectivity index (χ3n) is 2.42. The number of nitrogens with two attached hydrogens (primary N) is 1. The minimum absolute atomic E-state index is 0.109. The summed E-state index contributed by atoms with van der Waals surface area (Å²) in [7, 11) is 0. The van der Waals surface area contributed by atoms with E-state index in [1.165, 1.54) is 4.90 Å². The molecule has 0 saturated carbocycles. The van der Waals surface area contributed by atoms with Gasteiger partial charge in [-0.05, 0) is 12.2 Å². The summed E-state index contributed by atoms with van der Waals surface area (Å²) in [6, 6.07) is -1.15. The number of aliphatic carboxylic acids is 1. The molecule has 2 aliphatic rings. The van der Waals surface area contributed by atoms with Crippen molar-refractivity contribution in [1.82, 2.24) is 4.90 Å². The number of carbonyl (C=O) groups excluding carboxylic acids is 1. The van der Waals surface area contributed by atoms with Gasteiger partial charge in [-0.25, -0.2) is 4.79 Å². The quantitative estimate of drug-likeness (QED) is 0.537. The number of carboxylic acids is 1. The molecule has 0 aromatic carbocycles. The molecule has 2 heterocycles. The first-order chi connectivity index (χ1) is 6.13. The van der Waals surface area contributed by atoms with E-state index >= 15 is 0 Å². The smallest absolute Gasteiger partial charge is 0.326 e. The van der Waals surface area contributed by atoms with Crippen molar-refractivity contribution in [3.8, 4) is 0 Å². The number of carbonyl (C=O) groups is 2. The molecule has 3 N–H and O–H groups in total. The summed E-state index contributed by atoms with van der Waals surface area (Å²) in [5.41, 5.74) is 5.53. The molecule has 0 aromatic heterocycles. The fourth-order valence-electron chi connectivity index (χ4n) is 1.71. The first-order valence-electron chi connectivity index (χ1n) is 4.05. The van der Waals surface area contributed by atoms with Crippen molar-refractivity contribution in [3.63, 3.8) is 0 Å². The van der Waals surface area contributed by atoms with E-state index in [1.54, 1.807) is 11.8 Å². The summed E-state index contributed by atoms with van der Waals surface area (Å²) in [6.07, 6.45) is 0.523. The molecule has 0 unspecified atom stereocenters. The van der Waals surface area contributed by atoms with Crippen LogP contribution in [0.1, 0.15) is 6.42 Å². The van der Waals surface area contributed by atoms with Crippen LogP contribution in [0.5, 0.6) is 0 Å². The molecule has 5 nitrogen and oxygen atoms in total. The van der Waals surface area contributed by atoms with Crippen LogP contribution in [-0.2, 0) is 9.59 Å². The summed E-state index contributed by atoms with van der Waals surface area (Å²) in [6.45, 7) is 0. The molecule has 2 rings (SSSR count). The number of hydrogen-bond acceptors (Lipinski definition) is 4. The highest BCUT2D eigenvalue weighted by Gasteiger charge is 2.52. The Morgan fingerprint density at radius 1 is 1.69 bits per heavy atom. The van der Waals surface area contributed by atoms with E-state index in [0.29, 0.717) is 6.42 Å². The number of hydrogen-bond donors (Lipinski definition) is 2. The molecule has 0 bridgehead atoms. The standard InChI is InChI=1S/C7H10N2O3S/c8-4-5(10)9-3(7(11)12)1-2-13-6(4)9/h3-4,6H,1-2,8H2,(H,11,12)/t3-,4+,6-/m0/s1. The second kappa shape index (κ2) is 2.88. The van der Waals surface area contributed by atoms with Crippen LogP contribution in [0.2, 0.25) is 0 Å². The molecule has 13 heavy (non-hydrogen) atoms. The number of thioether (sulfide) groups is 1. The van der Waals surface area contributed by atoms with Crippen molar-refractivity contribution in [2.24, 2.45) is 5.73 Å². The van der Waals surface area contributed by atoms with Crippen molar-refractivity contribution in [3.05, 3.63) is 0 Å². The molecule has 6 heteroatoms. The first kappa shape index (κ1) is 8.83. The lowest BCUT2D eigenvalue weighted by Gasteiger charge is -2.50. The van der Waals surface area contributed by atoms with Crippen molar-refractivity contribution in [2.45, 2.75) is 23.9 Å². The Kier molecular flexibility index (Phi) is 1.96. The maximum atomic E-state index is 11.2. The summed E-state index contributed by atoms with van der Waals surface area (Å²) in [5, 5.41) is 8.71. The molecule has 2 saturated heterocycles. The third-order valence-corrected chi connectivity index (χ3v) is 3.76. The average molecular weight is 202 g/mol. The van der Waals surface area contributed by atoms with Gasteiger partial charge >= 0.3 is 5.97 Å². The Morgan fingerprint density at radius 2 is 2.38 bits per heavy atom. The van der Waals surface area contributed by atoms with Crippen LogP contribution in [-0.4, -0.2) is 45.1 Å². The monoisotopic (exact) mass is 202 g/mol. The molecule has 2 fully saturated rings. The molecule has 2 aliphatic heterocycles. The van der Waals surface area contributed by atoms with Gasteiger partial charge in [-0.3, -0.25) is 4.79 Å². The van der Waals surface area contributed by atoms with E-state index in [9.17, 15) is 9.59 Å². The zero-order valence-corrected chi connectivity index (χ0v) is 7.66. The van der Waals surface area contributed by atoms with Crippen LogP contribution >= 0.6 is 11.8 Å². The fourth-order valence-corrected chi connectivity index (χ4v) is 3.04. The number of nitrogens with zero attached hydrogens (tertiary/aromatic N) is 1. The number of amides is 1. The number of rotatable bonds is 1. The summed E-state index contributed by atoms with van der Waals surface area (Å²) < 4.78 is 0. The second-order valence-corrected chi connectivity index (χ2v) is 4.40. The van der Waals surface area contributed by atoms with Crippen LogP contribution in [0.15, 0.2) is 0 Å². The predicted molar refractivity (Wildman–Crippen MR) is 47.1 cm³/mol. The van der Waals surface area contributed by atoms with Crippen molar-refractivity contribution < 1.29 is 14.7 Å². The highest BCUT2D eigenvalue weighted by Crippen LogP contribution is 2.36. The van der Waals surface area contributed by atoms with Gasteiger partial charge in [0.15, 0.2) is 0 Å². The fraction of sp³-hybridized carbons (Fsp3) is 0.714. The lowest BCUT2D eigenvalue weighted by atomic mass is 10.0. The van der Waals surface area contributed by atoms with Crippen molar-refractivity contribution in [1.29, 1.82) is 0 Å². The first-order valence-corrected chi connectivity index (χ1v) is 5.10. The Hall–Kier alpha value is -0.750. The topological polar surface area (TPSA) is 83.6 Å². The van der Waals surface area contributed by atoms with Crippen molar-refractivity contribution in [2.75, 3.05) is 5.75 Å². The molecule has 0 spiro atoms. The Balaban J connectivity index is 2.16. The van der Waals surface area contributed by atoms with Gasteiger partial charge in [0.05, 0.1) is 0 Å². The minimum Gasteiger partial charge on any atom is -0.480 e. The zero-order valence-electron chi connectivity index (χ0n) is 6.84. The average Bonchev–Trinajstić information content (AvgIpc) is 2.15. The Labute approximate surface area is 79.3 Å². The predicted octanol–water partition coefficient (Wildman–Crippen LogP) is -0.928. The van der Waals surface area contributed by atoms with Gasteiger partial charge in [0, 0.05) is 0 Å². The molecular formula is C7H10N2O3S.